The fourth-order valence-corrected chi connectivity index (χ4v) is 2.00. The highest BCUT2D eigenvalue weighted by Gasteiger charge is 2.07. The predicted molar refractivity (Wildman–Crippen MR) is 80.6 cm³/mol. The van der Waals surface area contributed by atoms with E-state index in [-0.39, 0.29) is 5.91 Å². The van der Waals surface area contributed by atoms with E-state index >= 15 is 0 Å². The maximum atomic E-state index is 12.1. The van der Waals surface area contributed by atoms with Crippen molar-refractivity contribution in [1.82, 2.24) is 4.98 Å². The monoisotopic (exact) mass is 263 g/mol. The molecule has 3 aromatic rings. The zero-order valence-corrected chi connectivity index (χ0v) is 10.7. The average molecular weight is 263 g/mol. The number of para-hydroxylation sites is 1. The minimum atomic E-state index is -0.222. The van der Waals surface area contributed by atoms with Crippen molar-refractivity contribution in [1.29, 1.82) is 0 Å². The van der Waals surface area contributed by atoms with E-state index in [4.69, 9.17) is 5.73 Å². The molecule has 0 bridgehead atoms. The lowest BCUT2D eigenvalue weighted by atomic mass is 10.2. The Kier molecular flexibility index (Phi) is 3.05. The Morgan fingerprint density at radius 2 is 1.85 bits per heavy atom. The first-order valence-electron chi connectivity index (χ1n) is 6.25. The summed E-state index contributed by atoms with van der Waals surface area (Å²) in [4.78, 5) is 16.5. The third-order valence-corrected chi connectivity index (χ3v) is 2.99. The van der Waals surface area contributed by atoms with Crippen molar-refractivity contribution in [3.8, 4) is 0 Å². The summed E-state index contributed by atoms with van der Waals surface area (Å²) in [6.45, 7) is 0. The molecule has 1 heterocycles. The van der Waals surface area contributed by atoms with E-state index in [2.05, 4.69) is 10.3 Å². The van der Waals surface area contributed by atoms with Crippen LogP contribution in [0.3, 0.4) is 0 Å². The Bertz CT molecular complexity index is 783. The number of pyridine rings is 1. The molecule has 0 aliphatic carbocycles. The molecule has 3 N–H and O–H groups in total. The van der Waals surface area contributed by atoms with E-state index < -0.39 is 0 Å². The van der Waals surface area contributed by atoms with Crippen LogP contribution in [0, 0.1) is 0 Å². The smallest absolute Gasteiger partial charge is 0.256 e. The quantitative estimate of drug-likeness (QED) is 0.698. The van der Waals surface area contributed by atoms with Gasteiger partial charge in [0.2, 0.25) is 0 Å². The summed E-state index contributed by atoms with van der Waals surface area (Å²) >= 11 is 0. The predicted octanol–water partition coefficient (Wildman–Crippen LogP) is 3.07. The van der Waals surface area contributed by atoms with Gasteiger partial charge in [-0.1, -0.05) is 24.3 Å². The number of fused-ring (bicyclic) bond motifs is 1. The fourth-order valence-electron chi connectivity index (χ4n) is 2.00. The molecule has 2 aromatic carbocycles. The molecule has 0 fully saturated rings. The number of carbonyl (C=O) groups is 1. The molecule has 0 radical (unpaired) electrons. The van der Waals surface area contributed by atoms with Gasteiger partial charge in [0.25, 0.3) is 5.91 Å². The van der Waals surface area contributed by atoms with E-state index in [0.717, 1.165) is 10.9 Å². The molecule has 0 aliphatic heterocycles. The largest absolute Gasteiger partial charge is 0.399 e. The molecule has 20 heavy (non-hydrogen) atoms. The minimum Gasteiger partial charge on any atom is -0.399 e. The molecule has 3 rings (SSSR count). The number of nitrogens with zero attached hydrogens (tertiary/aromatic N) is 1. The van der Waals surface area contributed by atoms with Gasteiger partial charge < -0.3 is 11.1 Å². The number of nitrogens with two attached hydrogens (primary N) is 1. The van der Waals surface area contributed by atoms with Gasteiger partial charge in [-0.3, -0.25) is 4.79 Å². The molecule has 1 aromatic heterocycles. The molecule has 0 unspecified atom stereocenters. The number of amides is 1. The molecular formula is C16H13N3O. The van der Waals surface area contributed by atoms with Crippen molar-refractivity contribution >= 4 is 28.3 Å². The van der Waals surface area contributed by atoms with E-state index in [1.165, 1.54) is 0 Å². The van der Waals surface area contributed by atoms with Crippen LogP contribution in [0.5, 0.6) is 0 Å². The second-order valence-corrected chi connectivity index (χ2v) is 4.47. The Morgan fingerprint density at radius 1 is 1.00 bits per heavy atom. The minimum absolute atomic E-state index is 0.222. The number of hydrogen-bond donors (Lipinski definition) is 2. The number of nitrogen functional groups attached to an aromatic ring is 1. The molecule has 0 saturated carbocycles. The third-order valence-electron chi connectivity index (χ3n) is 2.99. The van der Waals surface area contributed by atoms with Gasteiger partial charge in [0, 0.05) is 16.6 Å². The first kappa shape index (κ1) is 12.2. The lowest BCUT2D eigenvalue weighted by Gasteiger charge is -2.06. The van der Waals surface area contributed by atoms with Gasteiger partial charge in [0.05, 0.1) is 5.52 Å². The first-order chi connectivity index (χ1) is 9.72. The number of hydrogen-bond acceptors (Lipinski definition) is 3. The normalized spacial score (nSPS) is 10.4. The summed E-state index contributed by atoms with van der Waals surface area (Å²) in [6, 6.07) is 18.3. The van der Waals surface area contributed by atoms with Gasteiger partial charge in [-0.05, 0) is 36.4 Å². The fraction of sp³-hybridized carbons (Fsp3) is 0. The van der Waals surface area contributed by atoms with Crippen LogP contribution >= 0.6 is 0 Å². The molecule has 1 amide bonds. The second kappa shape index (κ2) is 5.01. The van der Waals surface area contributed by atoms with Crippen LogP contribution in [0.15, 0.2) is 60.7 Å². The Balaban J connectivity index is 1.87. The van der Waals surface area contributed by atoms with E-state index in [1.54, 1.807) is 30.3 Å². The number of rotatable bonds is 2. The molecule has 98 valence electrons. The lowest BCUT2D eigenvalue weighted by molar-refractivity contribution is 0.102. The summed E-state index contributed by atoms with van der Waals surface area (Å²) in [5.74, 6) is 0.302. The van der Waals surface area contributed by atoms with Crippen LogP contribution in [-0.2, 0) is 0 Å². The first-order valence-corrected chi connectivity index (χ1v) is 6.25. The molecule has 4 heteroatoms. The van der Waals surface area contributed by atoms with Gasteiger partial charge >= 0.3 is 0 Å². The van der Waals surface area contributed by atoms with Crippen LogP contribution in [0.2, 0.25) is 0 Å². The van der Waals surface area contributed by atoms with Crippen molar-refractivity contribution in [3.05, 3.63) is 66.2 Å². The van der Waals surface area contributed by atoms with E-state index in [9.17, 15) is 4.79 Å². The second-order valence-electron chi connectivity index (χ2n) is 4.47. The average Bonchev–Trinajstić information content (AvgIpc) is 2.47. The van der Waals surface area contributed by atoms with Gasteiger partial charge in [-0.2, -0.15) is 0 Å². The summed E-state index contributed by atoms with van der Waals surface area (Å²) in [5, 5.41) is 3.81. The number of carbonyl (C=O) groups excluding carboxylic acids is 1. The Hall–Kier alpha value is -2.88. The number of aromatic nitrogens is 1. The Labute approximate surface area is 116 Å². The van der Waals surface area contributed by atoms with Crippen LogP contribution in [0.1, 0.15) is 10.4 Å². The molecule has 4 nitrogen and oxygen atoms in total. The van der Waals surface area contributed by atoms with Crippen molar-refractivity contribution in [2.24, 2.45) is 0 Å². The Morgan fingerprint density at radius 3 is 2.70 bits per heavy atom. The zero-order chi connectivity index (χ0) is 13.9. The standard InChI is InChI=1S/C16H13N3O/c17-13-6-3-5-12(10-13)16(20)19-15-9-8-11-4-1-2-7-14(11)18-15/h1-10H,17H2,(H,18,19,20). The maximum Gasteiger partial charge on any atom is 0.256 e. The van der Waals surface area contributed by atoms with E-state index in [0.29, 0.717) is 17.1 Å². The molecular weight excluding hydrogens is 250 g/mol. The number of anilines is 2. The van der Waals surface area contributed by atoms with Crippen molar-refractivity contribution in [2.75, 3.05) is 11.1 Å². The highest BCUT2D eigenvalue weighted by molar-refractivity contribution is 6.04. The van der Waals surface area contributed by atoms with Crippen molar-refractivity contribution in [3.63, 3.8) is 0 Å². The summed E-state index contributed by atoms with van der Waals surface area (Å²) in [6.07, 6.45) is 0. The van der Waals surface area contributed by atoms with Crippen LogP contribution < -0.4 is 11.1 Å². The third kappa shape index (κ3) is 2.44. The van der Waals surface area contributed by atoms with Gasteiger partial charge in [0.15, 0.2) is 0 Å². The molecule has 0 atom stereocenters. The summed E-state index contributed by atoms with van der Waals surface area (Å²) < 4.78 is 0. The maximum absolute atomic E-state index is 12.1. The molecule has 0 saturated heterocycles. The highest BCUT2D eigenvalue weighted by atomic mass is 16.1. The number of nitrogens with one attached hydrogen (secondary N) is 1. The summed E-state index contributed by atoms with van der Waals surface area (Å²) in [7, 11) is 0. The molecule has 0 aliphatic rings. The number of benzene rings is 2. The van der Waals surface area contributed by atoms with Crippen LogP contribution in [0.4, 0.5) is 11.5 Å². The van der Waals surface area contributed by atoms with Gasteiger partial charge in [-0.25, -0.2) is 4.98 Å². The van der Waals surface area contributed by atoms with Crippen molar-refractivity contribution in [2.45, 2.75) is 0 Å². The van der Waals surface area contributed by atoms with E-state index in [1.807, 2.05) is 30.3 Å². The SMILES string of the molecule is Nc1cccc(C(=O)Nc2ccc3ccccc3n2)c1. The van der Waals surface area contributed by atoms with Gasteiger partial charge in [0.1, 0.15) is 5.82 Å². The van der Waals surface area contributed by atoms with Crippen molar-refractivity contribution < 1.29 is 4.79 Å². The van der Waals surface area contributed by atoms with Crippen LogP contribution in [0.25, 0.3) is 10.9 Å². The van der Waals surface area contributed by atoms with Gasteiger partial charge in [-0.15, -0.1) is 0 Å². The lowest BCUT2D eigenvalue weighted by Crippen LogP contribution is -2.13. The topological polar surface area (TPSA) is 68.0 Å². The molecule has 0 spiro atoms. The van der Waals surface area contributed by atoms with Crippen LogP contribution in [-0.4, -0.2) is 10.9 Å². The zero-order valence-electron chi connectivity index (χ0n) is 10.7. The highest BCUT2D eigenvalue weighted by Crippen LogP contribution is 2.15. The summed E-state index contributed by atoms with van der Waals surface area (Å²) in [5.41, 5.74) is 7.59.